The van der Waals surface area contributed by atoms with Crippen LogP contribution in [0.1, 0.15) is 65.6 Å². The van der Waals surface area contributed by atoms with E-state index in [-0.39, 0.29) is 24.2 Å². The van der Waals surface area contributed by atoms with Crippen molar-refractivity contribution in [1.29, 1.82) is 5.26 Å². The molecular weight excluding hydrogens is 510 g/mol. The molecule has 3 heterocycles. The molecule has 0 spiro atoms. The van der Waals surface area contributed by atoms with Gasteiger partial charge in [0.05, 0.1) is 18.1 Å². The van der Waals surface area contributed by atoms with Crippen molar-refractivity contribution in [2.24, 2.45) is 28.7 Å². The minimum atomic E-state index is -1.04. The number of nitriles is 1. The van der Waals surface area contributed by atoms with E-state index < -0.39 is 5.54 Å². The van der Waals surface area contributed by atoms with E-state index in [1.807, 2.05) is 29.2 Å². The summed E-state index contributed by atoms with van der Waals surface area (Å²) < 4.78 is 0. The summed E-state index contributed by atoms with van der Waals surface area (Å²) in [6.45, 7) is 0. The molecule has 206 valence electrons. The van der Waals surface area contributed by atoms with Crippen molar-refractivity contribution < 1.29 is 9.59 Å². The van der Waals surface area contributed by atoms with Gasteiger partial charge in [0.25, 0.3) is 5.91 Å². The van der Waals surface area contributed by atoms with Crippen LogP contribution in [0.25, 0.3) is 0 Å². The van der Waals surface area contributed by atoms with Crippen LogP contribution < -0.4 is 0 Å². The summed E-state index contributed by atoms with van der Waals surface area (Å²) in [5, 5.41) is 9.20. The monoisotopic (exact) mass is 543 g/mol. The number of aliphatic imine (C=N–C) groups is 1. The number of pyridine rings is 2. The summed E-state index contributed by atoms with van der Waals surface area (Å²) in [6, 6.07) is 16.7. The zero-order valence-corrected chi connectivity index (χ0v) is 23.0. The van der Waals surface area contributed by atoms with E-state index in [0.29, 0.717) is 41.6 Å². The van der Waals surface area contributed by atoms with Crippen molar-refractivity contribution in [1.82, 2.24) is 14.9 Å². The lowest BCUT2D eigenvalue weighted by atomic mass is 9.53. The van der Waals surface area contributed by atoms with Crippen molar-refractivity contribution >= 4 is 17.5 Å². The lowest BCUT2D eigenvalue weighted by Crippen LogP contribution is -2.60. The van der Waals surface area contributed by atoms with Gasteiger partial charge in [-0.1, -0.05) is 12.1 Å². The normalized spacial score (nSPS) is 27.5. The second-order valence-electron chi connectivity index (χ2n) is 12.5. The van der Waals surface area contributed by atoms with Crippen molar-refractivity contribution in [2.75, 3.05) is 0 Å². The predicted octanol–water partition coefficient (Wildman–Crippen LogP) is 5.21. The van der Waals surface area contributed by atoms with E-state index in [1.54, 1.807) is 49.1 Å². The van der Waals surface area contributed by atoms with E-state index in [9.17, 15) is 14.9 Å². The van der Waals surface area contributed by atoms with Gasteiger partial charge in [-0.25, -0.2) is 0 Å². The molecule has 2 aromatic heterocycles. The van der Waals surface area contributed by atoms with Crippen molar-refractivity contribution in [2.45, 2.75) is 62.9 Å². The molecule has 0 N–H and O–H groups in total. The van der Waals surface area contributed by atoms with Gasteiger partial charge in [0.2, 0.25) is 0 Å². The Morgan fingerprint density at radius 2 is 1.37 bits per heavy atom. The fourth-order valence-corrected chi connectivity index (χ4v) is 8.39. The second kappa shape index (κ2) is 10.3. The van der Waals surface area contributed by atoms with Crippen LogP contribution in [0, 0.1) is 35.0 Å². The van der Waals surface area contributed by atoms with E-state index in [0.717, 1.165) is 23.0 Å². The van der Waals surface area contributed by atoms with Gasteiger partial charge in [-0.3, -0.25) is 29.4 Å². The number of hydrogen-bond acceptors (Lipinski definition) is 6. The highest BCUT2D eigenvalue weighted by molar-refractivity contribution is 6.17. The number of nitrogens with zero attached hydrogens (tertiary/aromatic N) is 5. The molecule has 1 amide bonds. The number of benzene rings is 1. The fraction of sp³-hybridized carbons (Fsp3) is 0.412. The van der Waals surface area contributed by atoms with Gasteiger partial charge in [0.15, 0.2) is 5.78 Å². The number of hydrogen-bond donors (Lipinski definition) is 0. The minimum Gasteiger partial charge on any atom is -0.294 e. The van der Waals surface area contributed by atoms with Gasteiger partial charge in [0.1, 0.15) is 11.4 Å². The molecular formula is C34H33N5O2. The van der Waals surface area contributed by atoms with Gasteiger partial charge in [-0.05, 0) is 103 Å². The van der Waals surface area contributed by atoms with Crippen LogP contribution in [0.15, 0.2) is 78.3 Å². The van der Waals surface area contributed by atoms with Crippen LogP contribution in [-0.2, 0) is 17.6 Å². The molecule has 7 nitrogen and oxygen atoms in total. The number of amidine groups is 1. The summed E-state index contributed by atoms with van der Waals surface area (Å²) >= 11 is 0. The van der Waals surface area contributed by atoms with Gasteiger partial charge in [0, 0.05) is 49.2 Å². The van der Waals surface area contributed by atoms with Crippen LogP contribution in [-0.4, -0.2) is 44.0 Å². The molecule has 1 aromatic carbocycles. The standard InChI is InChI=1S/C34H33N5O2/c35-21-24-1-3-27(4-2-24)30(40)18-31-38-34(19-22-5-9-36-10-6-22,20-23-7-11-37-12-8-23)33(41)39(31)32-28-14-25-13-26(16-28)17-29(32)15-25/h1-12,25-26,28-29,32H,13-20H2. The number of ketones is 1. The van der Waals surface area contributed by atoms with Crippen molar-refractivity contribution in [3.05, 3.63) is 95.6 Å². The van der Waals surface area contributed by atoms with Gasteiger partial charge >= 0.3 is 0 Å². The molecule has 0 unspecified atom stereocenters. The Morgan fingerprint density at radius 1 is 0.829 bits per heavy atom. The number of rotatable bonds is 8. The zero-order valence-electron chi connectivity index (χ0n) is 23.0. The lowest BCUT2D eigenvalue weighted by Gasteiger charge is -2.56. The summed E-state index contributed by atoms with van der Waals surface area (Å²) in [7, 11) is 0. The smallest absolute Gasteiger partial charge is 0.256 e. The third-order valence-electron chi connectivity index (χ3n) is 9.86. The molecule has 4 fully saturated rings. The minimum absolute atomic E-state index is 0.0197. The number of carbonyl (C=O) groups is 2. The van der Waals surface area contributed by atoms with Gasteiger partial charge in [-0.2, -0.15) is 5.26 Å². The maximum atomic E-state index is 14.9. The first kappa shape index (κ1) is 25.8. The Kier molecular flexibility index (Phi) is 6.50. The first-order chi connectivity index (χ1) is 20.0. The van der Waals surface area contributed by atoms with Gasteiger partial charge in [-0.15, -0.1) is 0 Å². The van der Waals surface area contributed by atoms with E-state index >= 15 is 0 Å². The Bertz CT molecular complexity index is 1460. The average Bonchev–Trinajstić information content (AvgIpc) is 3.23. The molecule has 0 atom stereocenters. The number of aromatic nitrogens is 2. The fourth-order valence-electron chi connectivity index (χ4n) is 8.39. The zero-order chi connectivity index (χ0) is 28.0. The Hall–Kier alpha value is -4.18. The quantitative estimate of drug-likeness (QED) is 0.363. The Labute approximate surface area is 240 Å². The molecule has 1 aliphatic heterocycles. The molecule has 4 saturated carbocycles. The highest BCUT2D eigenvalue weighted by atomic mass is 16.2. The number of amides is 1. The number of Topliss-reactive ketones (excluding diaryl/α,β-unsaturated/α-hetero) is 1. The molecule has 41 heavy (non-hydrogen) atoms. The summed E-state index contributed by atoms with van der Waals surface area (Å²) in [5.74, 6) is 3.00. The first-order valence-corrected chi connectivity index (χ1v) is 14.7. The Morgan fingerprint density at radius 3 is 1.88 bits per heavy atom. The first-order valence-electron chi connectivity index (χ1n) is 14.7. The summed E-state index contributed by atoms with van der Waals surface area (Å²) in [6.07, 6.45) is 14.0. The topological polar surface area (TPSA) is 99.3 Å². The molecule has 4 aliphatic carbocycles. The van der Waals surface area contributed by atoms with Crippen LogP contribution in [0.5, 0.6) is 0 Å². The molecule has 3 aromatic rings. The van der Waals surface area contributed by atoms with Crippen LogP contribution in [0.3, 0.4) is 0 Å². The molecule has 5 aliphatic rings. The molecule has 0 saturated heterocycles. The van der Waals surface area contributed by atoms with Crippen molar-refractivity contribution in [3.63, 3.8) is 0 Å². The van der Waals surface area contributed by atoms with Crippen LogP contribution in [0.4, 0.5) is 0 Å². The number of carbonyl (C=O) groups excluding carboxylic acids is 2. The SMILES string of the molecule is N#Cc1ccc(C(=O)CC2=NC(Cc3ccncc3)(Cc3ccncc3)C(=O)N2C2C3CC4CC(C3)CC2C4)cc1. The largest absolute Gasteiger partial charge is 0.294 e. The summed E-state index contributed by atoms with van der Waals surface area (Å²) in [4.78, 5) is 44.2. The van der Waals surface area contributed by atoms with Crippen LogP contribution >= 0.6 is 0 Å². The third kappa shape index (κ3) is 4.76. The maximum Gasteiger partial charge on any atom is 0.256 e. The molecule has 7 heteroatoms. The Balaban J connectivity index is 1.30. The van der Waals surface area contributed by atoms with Crippen molar-refractivity contribution in [3.8, 4) is 6.07 Å². The summed E-state index contributed by atoms with van der Waals surface area (Å²) in [5.41, 5.74) is 1.99. The third-order valence-corrected chi connectivity index (χ3v) is 9.86. The maximum absolute atomic E-state index is 14.9. The molecule has 8 rings (SSSR count). The van der Waals surface area contributed by atoms with Gasteiger partial charge < -0.3 is 0 Å². The van der Waals surface area contributed by atoms with E-state index in [4.69, 9.17) is 4.99 Å². The van der Waals surface area contributed by atoms with Crippen LogP contribution in [0.2, 0.25) is 0 Å². The highest BCUT2D eigenvalue weighted by Crippen LogP contribution is 2.56. The second-order valence-corrected chi connectivity index (χ2v) is 12.5. The highest BCUT2D eigenvalue weighted by Gasteiger charge is 2.57. The molecule has 0 radical (unpaired) electrons. The van der Waals surface area contributed by atoms with E-state index in [1.165, 1.54) is 32.1 Å². The van der Waals surface area contributed by atoms with E-state index in [2.05, 4.69) is 16.0 Å². The average molecular weight is 544 g/mol. The molecule has 4 bridgehead atoms. The predicted molar refractivity (Wildman–Crippen MR) is 154 cm³/mol. The lowest BCUT2D eigenvalue weighted by molar-refractivity contribution is -0.139.